The van der Waals surface area contributed by atoms with Gasteiger partial charge in [0, 0.05) is 0 Å². The van der Waals surface area contributed by atoms with Gasteiger partial charge in [-0.1, -0.05) is 178 Å². The lowest BCUT2D eigenvalue weighted by atomic mass is 9.99. The Kier molecular flexibility index (Phi) is 35.4. The summed E-state index contributed by atoms with van der Waals surface area (Å²) in [6.45, 7) is 5.61. The molecule has 0 aliphatic carbocycles. The smallest absolute Gasteiger partial charge is 0.249 e. The molecule has 0 aromatic carbocycles. The molecule has 0 aromatic rings. The highest BCUT2D eigenvalue weighted by Crippen LogP contribution is 2.23. The summed E-state index contributed by atoms with van der Waals surface area (Å²) in [4.78, 5) is 13.1. The SMILES string of the molecule is CCCCCCCC=CC(C)=CCCC=CC(O)C(COC1OC(CO)C(O)C(O)C1O)NC(=O)C(O)CCCCCCCCCCCCC=CCCCCCCCC. The number of aliphatic hydroxyl groups excluding tert-OH is 6. The lowest BCUT2D eigenvalue weighted by Crippen LogP contribution is -2.60. The molecule has 344 valence electrons. The molecule has 0 saturated carbocycles. The second kappa shape index (κ2) is 37.8. The molecule has 59 heavy (non-hydrogen) atoms. The maximum Gasteiger partial charge on any atom is 0.249 e. The van der Waals surface area contributed by atoms with Crippen molar-refractivity contribution in [1.29, 1.82) is 0 Å². The maximum absolute atomic E-state index is 13.1. The van der Waals surface area contributed by atoms with Crippen molar-refractivity contribution in [1.82, 2.24) is 5.32 Å². The second-order valence-corrected chi connectivity index (χ2v) is 16.9. The van der Waals surface area contributed by atoms with Gasteiger partial charge in [0.1, 0.15) is 30.5 Å². The molecular formula is C49H89NO9. The number of ether oxygens (including phenoxy) is 2. The summed E-state index contributed by atoms with van der Waals surface area (Å²) >= 11 is 0. The van der Waals surface area contributed by atoms with Gasteiger partial charge in [-0.15, -0.1) is 0 Å². The Morgan fingerprint density at radius 2 is 1.15 bits per heavy atom. The molecule has 10 heteroatoms. The van der Waals surface area contributed by atoms with Gasteiger partial charge in [-0.05, 0) is 64.7 Å². The van der Waals surface area contributed by atoms with E-state index in [2.05, 4.69) is 56.5 Å². The molecule has 0 radical (unpaired) electrons. The fourth-order valence-electron chi connectivity index (χ4n) is 7.31. The van der Waals surface area contributed by atoms with Crippen molar-refractivity contribution in [3.05, 3.63) is 48.1 Å². The van der Waals surface area contributed by atoms with Crippen LogP contribution in [0.2, 0.25) is 0 Å². The third kappa shape index (κ3) is 28.4. The van der Waals surface area contributed by atoms with E-state index in [0.29, 0.717) is 19.3 Å². The molecule has 10 nitrogen and oxygen atoms in total. The summed E-state index contributed by atoms with van der Waals surface area (Å²) < 4.78 is 11.1. The van der Waals surface area contributed by atoms with E-state index < -0.39 is 61.5 Å². The van der Waals surface area contributed by atoms with Crippen molar-refractivity contribution in [2.24, 2.45) is 0 Å². The minimum atomic E-state index is -1.62. The Balaban J connectivity index is 2.44. The minimum Gasteiger partial charge on any atom is -0.394 e. The van der Waals surface area contributed by atoms with Gasteiger partial charge in [-0.3, -0.25) is 4.79 Å². The number of rotatable bonds is 38. The zero-order chi connectivity index (χ0) is 43.4. The average molecular weight is 836 g/mol. The number of aliphatic hydroxyl groups is 6. The lowest BCUT2D eigenvalue weighted by molar-refractivity contribution is -0.302. The van der Waals surface area contributed by atoms with E-state index in [1.807, 2.05) is 6.08 Å². The van der Waals surface area contributed by atoms with E-state index in [1.54, 1.807) is 6.08 Å². The standard InChI is InChI=1S/C49H89NO9/c1-4-6-8-10-12-13-14-15-16-17-18-19-20-21-22-23-24-26-28-32-37-43(53)48(57)50-41(39-58-49-47(56)46(55)45(54)44(38-51)59-49)42(52)36-33-29-31-35-40(3)34-30-27-25-11-9-7-5-2/h15-16,30,33-36,41-47,49,51-56H,4-14,17-29,31-32,37-39H2,1-3H3,(H,50,57). The van der Waals surface area contributed by atoms with Crippen molar-refractivity contribution in [3.63, 3.8) is 0 Å². The van der Waals surface area contributed by atoms with Gasteiger partial charge < -0.3 is 45.4 Å². The van der Waals surface area contributed by atoms with Crippen molar-refractivity contribution in [2.45, 2.75) is 243 Å². The van der Waals surface area contributed by atoms with E-state index in [-0.39, 0.29) is 6.61 Å². The van der Waals surface area contributed by atoms with E-state index in [9.17, 15) is 35.4 Å². The van der Waals surface area contributed by atoms with Gasteiger partial charge >= 0.3 is 0 Å². The fourth-order valence-corrected chi connectivity index (χ4v) is 7.31. The summed E-state index contributed by atoms with van der Waals surface area (Å²) in [5, 5.41) is 64.7. The van der Waals surface area contributed by atoms with Crippen molar-refractivity contribution in [3.8, 4) is 0 Å². The van der Waals surface area contributed by atoms with Crippen LogP contribution in [0.5, 0.6) is 0 Å². The average Bonchev–Trinajstić information content (AvgIpc) is 3.23. The van der Waals surface area contributed by atoms with Crippen LogP contribution in [0, 0.1) is 0 Å². The molecule has 0 aromatic heterocycles. The maximum atomic E-state index is 13.1. The quantitative estimate of drug-likeness (QED) is 0.0182. The highest BCUT2D eigenvalue weighted by atomic mass is 16.7. The molecule has 1 fully saturated rings. The van der Waals surface area contributed by atoms with Crippen molar-refractivity contribution < 1.29 is 44.9 Å². The Bertz CT molecular complexity index is 1110. The summed E-state index contributed by atoms with van der Waals surface area (Å²) in [6, 6.07) is -1.01. The van der Waals surface area contributed by atoms with Crippen LogP contribution in [0.25, 0.3) is 0 Å². The largest absolute Gasteiger partial charge is 0.394 e. The minimum absolute atomic E-state index is 0.296. The first-order chi connectivity index (χ1) is 28.7. The number of carbonyl (C=O) groups excluding carboxylic acids is 1. The van der Waals surface area contributed by atoms with Gasteiger partial charge in [0.15, 0.2) is 6.29 Å². The molecule has 1 rings (SSSR count). The normalized spacial score (nSPS) is 21.8. The Morgan fingerprint density at radius 1 is 0.644 bits per heavy atom. The highest BCUT2D eigenvalue weighted by Gasteiger charge is 2.44. The van der Waals surface area contributed by atoms with E-state index in [0.717, 1.165) is 32.1 Å². The van der Waals surface area contributed by atoms with Crippen LogP contribution in [-0.2, 0) is 14.3 Å². The number of hydrogen-bond acceptors (Lipinski definition) is 9. The van der Waals surface area contributed by atoms with Gasteiger partial charge in [0.25, 0.3) is 0 Å². The van der Waals surface area contributed by atoms with Crippen LogP contribution in [0.15, 0.2) is 48.1 Å². The Morgan fingerprint density at radius 3 is 1.69 bits per heavy atom. The van der Waals surface area contributed by atoms with Gasteiger partial charge in [0.2, 0.25) is 5.91 Å². The van der Waals surface area contributed by atoms with Gasteiger partial charge in [0.05, 0.1) is 25.4 Å². The fraction of sp³-hybridized carbons (Fsp3) is 0.816. The first-order valence-electron chi connectivity index (χ1n) is 23.9. The number of unbranched alkanes of at least 4 members (excludes halogenated alkanes) is 22. The van der Waals surface area contributed by atoms with Crippen molar-refractivity contribution >= 4 is 5.91 Å². The number of amides is 1. The van der Waals surface area contributed by atoms with Crippen LogP contribution in [-0.4, -0.2) is 98.7 Å². The summed E-state index contributed by atoms with van der Waals surface area (Å²) in [5.74, 6) is -0.635. The molecular weight excluding hydrogens is 747 g/mol. The molecule has 0 bridgehead atoms. The lowest BCUT2D eigenvalue weighted by Gasteiger charge is -2.40. The molecule has 8 unspecified atom stereocenters. The number of nitrogens with one attached hydrogen (secondary N) is 1. The number of allylic oxidation sites excluding steroid dienone is 7. The second-order valence-electron chi connectivity index (χ2n) is 16.9. The van der Waals surface area contributed by atoms with Crippen LogP contribution in [0.4, 0.5) is 0 Å². The van der Waals surface area contributed by atoms with E-state index in [4.69, 9.17) is 9.47 Å². The third-order valence-electron chi connectivity index (χ3n) is 11.3. The van der Waals surface area contributed by atoms with Crippen LogP contribution >= 0.6 is 0 Å². The zero-order valence-corrected chi connectivity index (χ0v) is 37.6. The zero-order valence-electron chi connectivity index (χ0n) is 37.6. The predicted octanol–water partition coefficient (Wildman–Crippen LogP) is 9.20. The molecule has 1 saturated heterocycles. The van der Waals surface area contributed by atoms with E-state index >= 15 is 0 Å². The first-order valence-corrected chi connectivity index (χ1v) is 23.9. The van der Waals surface area contributed by atoms with Crippen LogP contribution < -0.4 is 5.32 Å². The molecule has 0 spiro atoms. The highest BCUT2D eigenvalue weighted by molar-refractivity contribution is 5.80. The monoisotopic (exact) mass is 836 g/mol. The summed E-state index contributed by atoms with van der Waals surface area (Å²) in [7, 11) is 0. The first kappa shape index (κ1) is 55.1. The molecule has 1 heterocycles. The predicted molar refractivity (Wildman–Crippen MR) is 241 cm³/mol. The van der Waals surface area contributed by atoms with E-state index in [1.165, 1.54) is 128 Å². The molecule has 1 aliphatic heterocycles. The molecule has 8 atom stereocenters. The van der Waals surface area contributed by atoms with Gasteiger partial charge in [-0.2, -0.15) is 0 Å². The number of carbonyl (C=O) groups is 1. The third-order valence-corrected chi connectivity index (χ3v) is 11.3. The molecule has 1 aliphatic rings. The Hall–Kier alpha value is -1.89. The molecule has 1 amide bonds. The van der Waals surface area contributed by atoms with Crippen LogP contribution in [0.3, 0.4) is 0 Å². The summed E-state index contributed by atoms with van der Waals surface area (Å²) in [5.41, 5.74) is 1.18. The Labute approximate surface area is 359 Å². The van der Waals surface area contributed by atoms with Gasteiger partial charge in [-0.25, -0.2) is 0 Å². The van der Waals surface area contributed by atoms with Crippen molar-refractivity contribution in [2.75, 3.05) is 13.2 Å². The summed E-state index contributed by atoms with van der Waals surface area (Å²) in [6.07, 6.45) is 35.9. The molecule has 7 N–H and O–H groups in total. The number of hydrogen-bond donors (Lipinski definition) is 7. The topological polar surface area (TPSA) is 169 Å². The van der Waals surface area contributed by atoms with Crippen LogP contribution in [0.1, 0.15) is 194 Å².